The molecule has 0 saturated carbocycles. The second-order valence-electron chi connectivity index (χ2n) is 7.36. The lowest BCUT2D eigenvalue weighted by molar-refractivity contribution is 0.355. The first-order valence-corrected chi connectivity index (χ1v) is 9.76. The van der Waals surface area contributed by atoms with Gasteiger partial charge in [0.05, 0.1) is 48.3 Å². The maximum atomic E-state index is 12.9. The summed E-state index contributed by atoms with van der Waals surface area (Å²) in [5, 5.41) is 5.26. The van der Waals surface area contributed by atoms with Gasteiger partial charge in [0.15, 0.2) is 11.5 Å². The van der Waals surface area contributed by atoms with Crippen molar-refractivity contribution >= 4 is 21.9 Å². The highest BCUT2D eigenvalue weighted by Crippen LogP contribution is 2.34. The SMILES string of the molecule is COc1ccc(-c2ccc3ncc4[nH]c(=O)n(-c5cn(C)nc5C)c4c3c2)cc1OC. The predicted octanol–water partition coefficient (Wildman–Crippen LogP) is 3.59. The number of nitrogens with one attached hydrogen (secondary N) is 1. The minimum Gasteiger partial charge on any atom is -0.493 e. The van der Waals surface area contributed by atoms with Crippen LogP contribution in [0.25, 0.3) is 38.8 Å². The summed E-state index contributed by atoms with van der Waals surface area (Å²) in [5.41, 5.74) is 5.47. The van der Waals surface area contributed by atoms with Gasteiger partial charge in [-0.3, -0.25) is 14.2 Å². The van der Waals surface area contributed by atoms with E-state index in [-0.39, 0.29) is 5.69 Å². The fourth-order valence-corrected chi connectivity index (χ4v) is 4.02. The molecule has 156 valence electrons. The number of aromatic nitrogens is 5. The first-order valence-electron chi connectivity index (χ1n) is 9.76. The van der Waals surface area contributed by atoms with Gasteiger partial charge in [0, 0.05) is 18.6 Å². The van der Waals surface area contributed by atoms with Crippen LogP contribution in [0, 0.1) is 6.92 Å². The molecule has 0 saturated heterocycles. The van der Waals surface area contributed by atoms with Crippen LogP contribution in [-0.2, 0) is 7.05 Å². The summed E-state index contributed by atoms with van der Waals surface area (Å²) in [6, 6.07) is 11.8. The quantitative estimate of drug-likeness (QED) is 0.485. The zero-order valence-corrected chi connectivity index (χ0v) is 17.6. The third kappa shape index (κ3) is 2.95. The normalized spacial score (nSPS) is 11.4. The zero-order valence-electron chi connectivity index (χ0n) is 17.6. The number of benzene rings is 2. The zero-order chi connectivity index (χ0) is 21.7. The first kappa shape index (κ1) is 18.9. The maximum Gasteiger partial charge on any atom is 0.331 e. The Labute approximate surface area is 177 Å². The molecule has 8 nitrogen and oxygen atoms in total. The first-order chi connectivity index (χ1) is 15.0. The highest BCUT2D eigenvalue weighted by Gasteiger charge is 2.17. The Morgan fingerprint density at radius 1 is 1.00 bits per heavy atom. The van der Waals surface area contributed by atoms with Gasteiger partial charge in [-0.1, -0.05) is 12.1 Å². The smallest absolute Gasteiger partial charge is 0.331 e. The lowest BCUT2D eigenvalue weighted by Crippen LogP contribution is -2.15. The third-order valence-electron chi connectivity index (χ3n) is 5.45. The van der Waals surface area contributed by atoms with Crippen LogP contribution in [0.3, 0.4) is 0 Å². The molecule has 31 heavy (non-hydrogen) atoms. The largest absolute Gasteiger partial charge is 0.493 e. The van der Waals surface area contributed by atoms with Gasteiger partial charge < -0.3 is 14.5 Å². The number of hydrogen-bond acceptors (Lipinski definition) is 5. The third-order valence-corrected chi connectivity index (χ3v) is 5.45. The molecule has 0 radical (unpaired) electrons. The number of ether oxygens (including phenoxy) is 2. The average molecular weight is 415 g/mol. The van der Waals surface area contributed by atoms with E-state index in [4.69, 9.17) is 9.47 Å². The molecule has 0 bridgehead atoms. The molecular weight excluding hydrogens is 394 g/mol. The highest BCUT2D eigenvalue weighted by atomic mass is 16.5. The number of rotatable bonds is 4. The fourth-order valence-electron chi connectivity index (χ4n) is 4.02. The maximum absolute atomic E-state index is 12.9. The predicted molar refractivity (Wildman–Crippen MR) is 119 cm³/mol. The summed E-state index contributed by atoms with van der Waals surface area (Å²) in [7, 11) is 5.07. The van der Waals surface area contributed by atoms with Gasteiger partial charge in [-0.25, -0.2) is 4.79 Å². The molecule has 0 aliphatic heterocycles. The molecule has 0 atom stereocenters. The van der Waals surface area contributed by atoms with Gasteiger partial charge in [0.2, 0.25) is 0 Å². The summed E-state index contributed by atoms with van der Waals surface area (Å²) >= 11 is 0. The second kappa shape index (κ2) is 7.02. The summed E-state index contributed by atoms with van der Waals surface area (Å²) in [6.07, 6.45) is 3.53. The number of hydrogen-bond donors (Lipinski definition) is 1. The van der Waals surface area contributed by atoms with E-state index in [0.717, 1.165) is 38.9 Å². The van der Waals surface area contributed by atoms with Gasteiger partial charge in [0.1, 0.15) is 0 Å². The van der Waals surface area contributed by atoms with E-state index < -0.39 is 0 Å². The molecule has 0 unspecified atom stereocenters. The van der Waals surface area contributed by atoms with Crippen LogP contribution in [0.2, 0.25) is 0 Å². The number of methoxy groups -OCH3 is 2. The van der Waals surface area contributed by atoms with E-state index in [1.807, 2.05) is 56.6 Å². The molecule has 3 aromatic heterocycles. The number of aromatic amines is 1. The van der Waals surface area contributed by atoms with Crippen LogP contribution < -0.4 is 15.2 Å². The summed E-state index contributed by atoms with van der Waals surface area (Å²) < 4.78 is 14.2. The minimum absolute atomic E-state index is 0.225. The lowest BCUT2D eigenvalue weighted by atomic mass is 10.0. The van der Waals surface area contributed by atoms with Crippen LogP contribution in [0.15, 0.2) is 53.6 Å². The number of H-pyrrole nitrogens is 1. The average Bonchev–Trinajstić information content (AvgIpc) is 3.29. The van der Waals surface area contributed by atoms with E-state index in [2.05, 4.69) is 15.1 Å². The molecule has 3 heterocycles. The van der Waals surface area contributed by atoms with Gasteiger partial charge in [-0.15, -0.1) is 0 Å². The molecule has 8 heteroatoms. The van der Waals surface area contributed by atoms with E-state index >= 15 is 0 Å². The van der Waals surface area contributed by atoms with Crippen molar-refractivity contribution in [2.75, 3.05) is 14.2 Å². The summed E-state index contributed by atoms with van der Waals surface area (Å²) in [4.78, 5) is 20.3. The topological polar surface area (TPSA) is 87.0 Å². The molecule has 5 aromatic rings. The molecule has 0 aliphatic carbocycles. The van der Waals surface area contributed by atoms with Crippen molar-refractivity contribution in [3.63, 3.8) is 0 Å². The van der Waals surface area contributed by atoms with Gasteiger partial charge in [-0.2, -0.15) is 5.10 Å². The Balaban J connectivity index is 1.80. The Morgan fingerprint density at radius 2 is 1.74 bits per heavy atom. The molecule has 2 aromatic carbocycles. The Hall–Kier alpha value is -4.07. The number of aryl methyl sites for hydroxylation is 2. The van der Waals surface area contributed by atoms with E-state index in [1.54, 1.807) is 29.7 Å². The number of nitrogens with zero attached hydrogens (tertiary/aromatic N) is 4. The van der Waals surface area contributed by atoms with Crippen molar-refractivity contribution in [2.45, 2.75) is 6.92 Å². The minimum atomic E-state index is -0.225. The van der Waals surface area contributed by atoms with E-state index in [1.165, 1.54) is 0 Å². The summed E-state index contributed by atoms with van der Waals surface area (Å²) in [5.74, 6) is 1.32. The molecule has 5 rings (SSSR count). The van der Waals surface area contributed by atoms with Crippen LogP contribution in [0.5, 0.6) is 11.5 Å². The van der Waals surface area contributed by atoms with E-state index in [9.17, 15) is 4.79 Å². The number of fused-ring (bicyclic) bond motifs is 3. The monoisotopic (exact) mass is 415 g/mol. The standard InChI is InChI=1S/C23H21N5O3/c1-13-19(12-27(2)26-13)28-22-16-9-14(15-6-8-20(30-3)21(10-15)31-4)5-7-17(16)24-11-18(22)25-23(28)29/h5-12H,1-4H3,(H,25,29). The molecule has 0 spiro atoms. The molecule has 0 fully saturated rings. The van der Waals surface area contributed by atoms with Gasteiger partial charge in [-0.05, 0) is 42.3 Å². The van der Waals surface area contributed by atoms with Crippen LogP contribution in [0.1, 0.15) is 5.69 Å². The molecular formula is C23H21N5O3. The molecule has 0 amide bonds. The van der Waals surface area contributed by atoms with Crippen molar-refractivity contribution in [2.24, 2.45) is 7.05 Å². The van der Waals surface area contributed by atoms with Crippen molar-refractivity contribution in [1.29, 1.82) is 0 Å². The summed E-state index contributed by atoms with van der Waals surface area (Å²) in [6.45, 7) is 1.89. The van der Waals surface area contributed by atoms with Crippen LogP contribution >= 0.6 is 0 Å². The highest BCUT2D eigenvalue weighted by molar-refractivity contribution is 6.04. The Kier molecular flexibility index (Phi) is 4.28. The van der Waals surface area contributed by atoms with Crippen LogP contribution in [-0.4, -0.2) is 38.5 Å². The van der Waals surface area contributed by atoms with Crippen molar-refractivity contribution in [3.05, 3.63) is 65.0 Å². The molecule has 1 N–H and O–H groups in total. The van der Waals surface area contributed by atoms with Crippen LogP contribution in [0.4, 0.5) is 0 Å². The van der Waals surface area contributed by atoms with Gasteiger partial charge >= 0.3 is 5.69 Å². The Morgan fingerprint density at radius 3 is 2.45 bits per heavy atom. The number of pyridine rings is 1. The van der Waals surface area contributed by atoms with Crippen molar-refractivity contribution in [1.82, 2.24) is 24.3 Å². The second-order valence-corrected chi connectivity index (χ2v) is 7.36. The Bertz CT molecular complexity index is 1510. The molecule has 0 aliphatic rings. The number of imidazole rings is 1. The van der Waals surface area contributed by atoms with Gasteiger partial charge in [0.25, 0.3) is 0 Å². The lowest BCUT2D eigenvalue weighted by Gasteiger charge is -2.11. The van der Waals surface area contributed by atoms with Crippen molar-refractivity contribution in [3.8, 4) is 28.3 Å². The van der Waals surface area contributed by atoms with E-state index in [0.29, 0.717) is 17.0 Å². The fraction of sp³-hybridized carbons (Fsp3) is 0.174. The van der Waals surface area contributed by atoms with Crippen molar-refractivity contribution < 1.29 is 9.47 Å².